The quantitative estimate of drug-likeness (QED) is 0.202. The molecule has 5 aromatic rings. The number of nitrogens with zero attached hydrogens (tertiary/aromatic N) is 8. The number of halogens is 2. The third-order valence-corrected chi connectivity index (χ3v) is 13.3. The number of hydrogen-bond donors (Lipinski definition) is 2. The molecule has 4 aliphatic rings. The Morgan fingerprint density at radius 1 is 0.906 bits per heavy atom. The first-order valence-corrected chi connectivity index (χ1v) is 22.3. The maximum absolute atomic E-state index is 15.4. The first kappa shape index (κ1) is 43.0. The Balaban J connectivity index is 0.881. The molecular formula is C47H54F2N10O5. The second kappa shape index (κ2) is 17.4. The van der Waals surface area contributed by atoms with Crippen LogP contribution in [0.4, 0.5) is 20.4 Å². The van der Waals surface area contributed by atoms with E-state index in [0.29, 0.717) is 86.8 Å². The number of nitrogens with one attached hydrogen (secondary N) is 2. The first-order chi connectivity index (χ1) is 30.7. The number of hydrogen-bond acceptors (Lipinski definition) is 10. The van der Waals surface area contributed by atoms with E-state index in [-0.39, 0.29) is 54.1 Å². The molecule has 9 rings (SSSR count). The molecule has 0 aliphatic carbocycles. The van der Waals surface area contributed by atoms with E-state index in [1.807, 2.05) is 29.8 Å². The minimum absolute atomic E-state index is 0.0181. The molecule has 0 unspecified atom stereocenters. The van der Waals surface area contributed by atoms with Crippen molar-refractivity contribution in [1.29, 1.82) is 0 Å². The molecule has 4 amide bonds. The molecule has 3 saturated heterocycles. The van der Waals surface area contributed by atoms with Crippen molar-refractivity contribution in [2.45, 2.75) is 90.9 Å². The summed E-state index contributed by atoms with van der Waals surface area (Å²) in [6, 6.07) is 12.2. The summed E-state index contributed by atoms with van der Waals surface area (Å²) in [4.78, 5) is 67.8. The zero-order valence-corrected chi connectivity index (χ0v) is 36.9. The minimum atomic E-state index is -1.07. The predicted molar refractivity (Wildman–Crippen MR) is 236 cm³/mol. The van der Waals surface area contributed by atoms with Crippen LogP contribution in [-0.2, 0) is 34.5 Å². The maximum atomic E-state index is 15.4. The standard InChI is InChI=1S/C47H54F2N10O5/c1-26-7-6-14-64-46-35(20-50-55(46)5)39-17-32(15-27(2)51-39)43(61)54-47-52-38-10-8-30(16-40(38)59(47)21-26)24-57-22-29(4)58(23-28(57)3)45(63)31-12-13-56(25-31)33-18-36(48)42(37(49)19-33)34-9-11-41(60)53-44(34)62/h8,10,15-20,26,28-29,31,34H,6-7,9,11-14,21-25H2,1-5H3,(H,52,54,61)(H,53,60,62)/t26-,28-,29+,31-,34-/m1/s1. The zero-order chi connectivity index (χ0) is 45.0. The van der Waals surface area contributed by atoms with E-state index in [2.05, 4.69) is 58.1 Å². The summed E-state index contributed by atoms with van der Waals surface area (Å²) < 4.78 is 40.8. The lowest BCUT2D eigenvalue weighted by Gasteiger charge is -2.45. The fraction of sp³-hybridized carbons (Fsp3) is 0.468. The lowest BCUT2D eigenvalue weighted by molar-refractivity contribution is -0.141. The zero-order valence-electron chi connectivity index (χ0n) is 36.9. The fourth-order valence-corrected chi connectivity index (χ4v) is 9.88. The van der Waals surface area contributed by atoms with Gasteiger partial charge in [0.15, 0.2) is 0 Å². The maximum Gasteiger partial charge on any atom is 0.258 e. The lowest BCUT2D eigenvalue weighted by Crippen LogP contribution is -2.58. The van der Waals surface area contributed by atoms with Gasteiger partial charge in [0.05, 0.1) is 46.9 Å². The number of aryl methyl sites for hydroxylation is 2. The fourth-order valence-electron chi connectivity index (χ4n) is 9.88. The topological polar surface area (TPSA) is 160 Å². The number of carbonyl (C=O) groups excluding carboxylic acids is 4. The van der Waals surface area contributed by atoms with Crippen LogP contribution < -0.4 is 20.3 Å². The molecule has 64 heavy (non-hydrogen) atoms. The van der Waals surface area contributed by atoms with Crippen LogP contribution in [0.3, 0.4) is 0 Å². The highest BCUT2D eigenvalue weighted by molar-refractivity contribution is 6.05. The number of ether oxygens (including phenoxy) is 1. The third-order valence-electron chi connectivity index (χ3n) is 13.3. The summed E-state index contributed by atoms with van der Waals surface area (Å²) in [6.45, 7) is 12.0. The summed E-state index contributed by atoms with van der Waals surface area (Å²) in [7, 11) is 1.83. The number of imidazole rings is 1. The van der Waals surface area contributed by atoms with Gasteiger partial charge in [0.2, 0.25) is 29.5 Å². The molecule has 336 valence electrons. The van der Waals surface area contributed by atoms with Crippen molar-refractivity contribution in [3.05, 3.63) is 82.7 Å². The third kappa shape index (κ3) is 8.44. The molecule has 3 fully saturated rings. The Bertz CT molecular complexity index is 2640. The molecule has 2 N–H and O–H groups in total. The number of pyridine rings is 1. The van der Waals surface area contributed by atoms with E-state index in [1.165, 1.54) is 12.1 Å². The number of aromatic nitrogens is 5. The molecule has 2 aromatic carbocycles. The molecule has 7 heterocycles. The van der Waals surface area contributed by atoms with Crippen molar-refractivity contribution < 1.29 is 32.7 Å². The molecule has 0 radical (unpaired) electrons. The van der Waals surface area contributed by atoms with Gasteiger partial charge in [0.1, 0.15) is 11.6 Å². The second-order valence-electron chi connectivity index (χ2n) is 18.2. The smallest absolute Gasteiger partial charge is 0.258 e. The number of amides is 4. The second-order valence-corrected chi connectivity index (χ2v) is 18.2. The highest BCUT2D eigenvalue weighted by Crippen LogP contribution is 2.36. The van der Waals surface area contributed by atoms with Crippen LogP contribution in [0, 0.1) is 30.4 Å². The highest BCUT2D eigenvalue weighted by Gasteiger charge is 2.39. The SMILES string of the molecule is Cc1cc2cc(n1)-c1cnn(C)c1OCCC[C@@H](C)Cn1c(nc3ccc(CN4C[C@H](C)N(C(=O)[C@@H]5CCN(c6cc(F)c([C@H]7CCC(=O)NC7=O)c(F)c6)C5)C[C@H]4C)cc31)NC2=O. The van der Waals surface area contributed by atoms with E-state index in [4.69, 9.17) is 14.7 Å². The molecule has 0 saturated carbocycles. The van der Waals surface area contributed by atoms with Crippen LogP contribution in [0.15, 0.2) is 48.7 Å². The predicted octanol–water partition coefficient (Wildman–Crippen LogP) is 5.95. The van der Waals surface area contributed by atoms with Crippen molar-refractivity contribution >= 4 is 46.3 Å². The van der Waals surface area contributed by atoms with Crippen molar-refractivity contribution in [2.75, 3.05) is 43.0 Å². The van der Waals surface area contributed by atoms with Gasteiger partial charge in [-0.05, 0) is 94.3 Å². The Labute approximate surface area is 370 Å². The van der Waals surface area contributed by atoms with Gasteiger partial charge >= 0.3 is 0 Å². The number of benzene rings is 2. The molecule has 4 aliphatic heterocycles. The molecule has 0 spiro atoms. The number of anilines is 2. The molecule has 15 nitrogen and oxygen atoms in total. The van der Waals surface area contributed by atoms with Crippen molar-refractivity contribution in [1.82, 2.24) is 39.4 Å². The van der Waals surface area contributed by atoms with Crippen LogP contribution in [-0.4, -0.2) is 103 Å². The lowest BCUT2D eigenvalue weighted by atomic mass is 9.89. The van der Waals surface area contributed by atoms with E-state index >= 15 is 8.78 Å². The van der Waals surface area contributed by atoms with Crippen LogP contribution in [0.2, 0.25) is 0 Å². The molecule has 3 aromatic heterocycles. The molecular weight excluding hydrogens is 823 g/mol. The van der Waals surface area contributed by atoms with E-state index in [9.17, 15) is 19.2 Å². The van der Waals surface area contributed by atoms with Crippen molar-refractivity contribution in [2.24, 2.45) is 18.9 Å². The molecule has 17 heteroatoms. The van der Waals surface area contributed by atoms with E-state index in [0.717, 1.165) is 35.0 Å². The summed E-state index contributed by atoms with van der Waals surface area (Å²) >= 11 is 0. The summed E-state index contributed by atoms with van der Waals surface area (Å²) in [5, 5.41) is 9.69. The number of rotatable bonds is 5. The van der Waals surface area contributed by atoms with Gasteiger partial charge in [0.25, 0.3) is 5.91 Å². The number of carbonyl (C=O) groups is 4. The number of imide groups is 1. The number of piperidine rings is 1. The van der Waals surface area contributed by atoms with Crippen LogP contribution in [0.1, 0.15) is 86.0 Å². The Hall–Kier alpha value is -6.23. The van der Waals surface area contributed by atoms with E-state index < -0.39 is 29.4 Å². The van der Waals surface area contributed by atoms with Gasteiger partial charge in [-0.15, -0.1) is 0 Å². The van der Waals surface area contributed by atoms with Crippen LogP contribution >= 0.6 is 0 Å². The summed E-state index contributed by atoms with van der Waals surface area (Å²) in [5.74, 6) is -3.14. The average Bonchev–Trinajstić information content (AvgIpc) is 3.98. The normalized spacial score (nSPS) is 23.5. The Morgan fingerprint density at radius 2 is 1.70 bits per heavy atom. The average molecular weight is 877 g/mol. The molecule has 5 atom stereocenters. The van der Waals surface area contributed by atoms with Crippen LogP contribution in [0.25, 0.3) is 22.3 Å². The van der Waals surface area contributed by atoms with Gasteiger partial charge in [-0.3, -0.25) is 39.7 Å². The van der Waals surface area contributed by atoms with E-state index in [1.54, 1.807) is 23.0 Å². The van der Waals surface area contributed by atoms with Crippen LogP contribution in [0.5, 0.6) is 5.88 Å². The van der Waals surface area contributed by atoms with Crippen molar-refractivity contribution in [3.8, 4) is 17.1 Å². The molecule has 2 bridgehead atoms. The first-order valence-electron chi connectivity index (χ1n) is 22.3. The highest BCUT2D eigenvalue weighted by atomic mass is 19.1. The number of piperazine rings is 1. The minimum Gasteiger partial charge on any atom is -0.477 e. The number of fused-ring (bicyclic) bond motifs is 7. The Morgan fingerprint density at radius 3 is 2.48 bits per heavy atom. The summed E-state index contributed by atoms with van der Waals surface area (Å²) in [6.07, 6.45) is 4.04. The van der Waals surface area contributed by atoms with Gasteiger partial charge in [-0.2, -0.15) is 5.10 Å². The summed E-state index contributed by atoms with van der Waals surface area (Å²) in [5.41, 5.74) is 5.27. The largest absolute Gasteiger partial charge is 0.477 e. The van der Waals surface area contributed by atoms with Gasteiger partial charge in [-0.25, -0.2) is 18.4 Å². The Kier molecular flexibility index (Phi) is 11.7. The van der Waals surface area contributed by atoms with Gasteiger partial charge < -0.3 is 19.1 Å². The van der Waals surface area contributed by atoms with Gasteiger partial charge in [-0.1, -0.05) is 13.0 Å². The van der Waals surface area contributed by atoms with Gasteiger partial charge in [0, 0.05) is 87.3 Å². The van der Waals surface area contributed by atoms with Crippen molar-refractivity contribution in [3.63, 3.8) is 0 Å². The monoisotopic (exact) mass is 876 g/mol.